The topological polar surface area (TPSA) is 87.1 Å². The summed E-state index contributed by atoms with van der Waals surface area (Å²) >= 11 is 6.23. The molecule has 7 heteroatoms. The summed E-state index contributed by atoms with van der Waals surface area (Å²) in [6.45, 7) is 1.46. The van der Waals surface area contributed by atoms with E-state index in [0.29, 0.717) is 28.6 Å². The Hall–Kier alpha value is -2.83. The lowest BCUT2D eigenvalue weighted by Crippen LogP contribution is -2.15. The molecule has 2 atom stereocenters. The van der Waals surface area contributed by atoms with Crippen molar-refractivity contribution >= 4 is 29.1 Å². The van der Waals surface area contributed by atoms with Gasteiger partial charge in [0, 0.05) is 47.2 Å². The van der Waals surface area contributed by atoms with Gasteiger partial charge in [0.05, 0.1) is 5.57 Å². The fraction of sp³-hybridized carbons (Fsp3) is 0.238. The first-order chi connectivity index (χ1) is 13.3. The summed E-state index contributed by atoms with van der Waals surface area (Å²) in [7, 11) is 2.01. The Morgan fingerprint density at radius 2 is 1.89 bits per heavy atom. The normalized spacial score (nSPS) is 21.1. The van der Waals surface area contributed by atoms with Gasteiger partial charge in [0.25, 0.3) is 0 Å². The van der Waals surface area contributed by atoms with Crippen molar-refractivity contribution in [2.24, 2.45) is 0 Å². The molecule has 2 aromatic rings. The molecule has 1 saturated heterocycles. The minimum atomic E-state index is -1.31. The van der Waals surface area contributed by atoms with Crippen molar-refractivity contribution in [3.8, 4) is 11.5 Å². The Morgan fingerprint density at radius 3 is 2.61 bits per heavy atom. The standard InChI is InChI=1S/C21H18ClNO5/c1-23-9-15-13-7-11(22)5-6-17(13)28-18-4-2-3-12(20(18)16(15)10-23)14(21(26)27)8-19(24)25/h2-8,15-16H,9-10H2,1H3,(H,24,25)(H,26,27)/b14-8-/t15-,16+/m0/s1. The Labute approximate surface area is 166 Å². The van der Waals surface area contributed by atoms with Gasteiger partial charge in [-0.1, -0.05) is 23.7 Å². The number of hydrogen-bond donors (Lipinski definition) is 2. The third-order valence-corrected chi connectivity index (χ3v) is 5.55. The monoisotopic (exact) mass is 399 g/mol. The second-order valence-corrected chi connectivity index (χ2v) is 7.57. The van der Waals surface area contributed by atoms with E-state index in [1.165, 1.54) is 0 Å². The van der Waals surface area contributed by atoms with Crippen molar-refractivity contribution in [1.29, 1.82) is 0 Å². The molecule has 2 aromatic carbocycles. The number of halogens is 1. The number of carboxylic acid groups (broad SMARTS) is 2. The van der Waals surface area contributed by atoms with Crippen LogP contribution in [0.15, 0.2) is 42.5 Å². The zero-order valence-corrected chi connectivity index (χ0v) is 15.8. The molecular weight excluding hydrogens is 382 g/mol. The van der Waals surface area contributed by atoms with Crippen molar-refractivity contribution in [3.63, 3.8) is 0 Å². The Morgan fingerprint density at radius 1 is 1.14 bits per heavy atom. The zero-order valence-electron chi connectivity index (χ0n) is 15.1. The van der Waals surface area contributed by atoms with Gasteiger partial charge in [-0.05, 0) is 36.9 Å². The second kappa shape index (κ2) is 6.96. The number of carbonyl (C=O) groups is 2. The van der Waals surface area contributed by atoms with Crippen LogP contribution in [0, 0.1) is 0 Å². The number of aliphatic carboxylic acids is 2. The highest BCUT2D eigenvalue weighted by Gasteiger charge is 2.40. The summed E-state index contributed by atoms with van der Waals surface area (Å²) < 4.78 is 6.16. The first kappa shape index (κ1) is 18.5. The van der Waals surface area contributed by atoms with Crippen LogP contribution in [0.25, 0.3) is 5.57 Å². The molecule has 2 heterocycles. The fourth-order valence-electron chi connectivity index (χ4n) is 4.26. The summed E-state index contributed by atoms with van der Waals surface area (Å²) in [5.41, 5.74) is 1.81. The highest BCUT2D eigenvalue weighted by Crippen LogP contribution is 2.51. The predicted molar refractivity (Wildman–Crippen MR) is 104 cm³/mol. The average Bonchev–Trinajstić information content (AvgIpc) is 2.96. The van der Waals surface area contributed by atoms with Crippen LogP contribution in [0.3, 0.4) is 0 Å². The number of fused-ring (bicyclic) bond motifs is 5. The van der Waals surface area contributed by atoms with Crippen LogP contribution in [-0.4, -0.2) is 47.2 Å². The van der Waals surface area contributed by atoms with Crippen LogP contribution < -0.4 is 4.74 Å². The van der Waals surface area contributed by atoms with Crippen molar-refractivity contribution in [2.45, 2.75) is 11.8 Å². The van der Waals surface area contributed by atoms with Crippen LogP contribution in [0.4, 0.5) is 0 Å². The molecule has 0 bridgehead atoms. The van der Waals surface area contributed by atoms with E-state index in [9.17, 15) is 14.7 Å². The van der Waals surface area contributed by atoms with Gasteiger partial charge in [0.2, 0.25) is 0 Å². The van der Waals surface area contributed by atoms with Gasteiger partial charge in [0.15, 0.2) is 0 Å². The van der Waals surface area contributed by atoms with Gasteiger partial charge in [0.1, 0.15) is 11.5 Å². The van der Waals surface area contributed by atoms with E-state index in [0.717, 1.165) is 23.7 Å². The lowest BCUT2D eigenvalue weighted by molar-refractivity contribution is -0.133. The zero-order chi connectivity index (χ0) is 20.0. The van der Waals surface area contributed by atoms with Gasteiger partial charge >= 0.3 is 11.9 Å². The SMILES string of the molecule is CN1C[C@H]2c3cc(Cl)ccc3Oc3cccc(/C(=C/C(=O)O)C(=O)O)c3[C@@H]2C1. The molecule has 1 fully saturated rings. The van der Waals surface area contributed by atoms with Crippen LogP contribution in [-0.2, 0) is 9.59 Å². The maximum atomic E-state index is 11.8. The van der Waals surface area contributed by atoms with Gasteiger partial charge in [-0.3, -0.25) is 0 Å². The Kier molecular flexibility index (Phi) is 4.61. The van der Waals surface area contributed by atoms with E-state index in [1.54, 1.807) is 24.3 Å². The van der Waals surface area contributed by atoms with E-state index in [2.05, 4.69) is 4.90 Å². The molecule has 0 saturated carbocycles. The quantitative estimate of drug-likeness (QED) is 0.763. The molecule has 28 heavy (non-hydrogen) atoms. The van der Waals surface area contributed by atoms with Gasteiger partial charge < -0.3 is 19.8 Å². The molecule has 0 unspecified atom stereocenters. The van der Waals surface area contributed by atoms with Crippen LogP contribution in [0.5, 0.6) is 11.5 Å². The number of ether oxygens (including phenoxy) is 1. The molecule has 0 radical (unpaired) electrons. The number of likely N-dealkylation sites (tertiary alicyclic amines) is 1. The summed E-state index contributed by atoms with van der Waals surface area (Å²) in [5.74, 6) is -1.36. The Bertz CT molecular complexity index is 1020. The summed E-state index contributed by atoms with van der Waals surface area (Å²) in [6.07, 6.45) is 0.737. The molecule has 0 aliphatic carbocycles. The average molecular weight is 400 g/mol. The number of likely N-dealkylation sites (N-methyl/N-ethyl adjacent to an activating group) is 1. The number of benzene rings is 2. The molecule has 2 aliphatic rings. The summed E-state index contributed by atoms with van der Waals surface area (Å²) in [4.78, 5) is 25.2. The smallest absolute Gasteiger partial charge is 0.336 e. The molecule has 2 aliphatic heterocycles. The lowest BCUT2D eigenvalue weighted by atomic mass is 9.80. The summed E-state index contributed by atoms with van der Waals surface area (Å²) in [6, 6.07) is 10.6. The third-order valence-electron chi connectivity index (χ3n) is 5.32. The van der Waals surface area contributed by atoms with Crippen LogP contribution >= 0.6 is 11.6 Å². The van der Waals surface area contributed by atoms with E-state index in [1.807, 2.05) is 19.2 Å². The predicted octanol–water partition coefficient (Wildman–Crippen LogP) is 3.81. The summed E-state index contributed by atoms with van der Waals surface area (Å²) in [5, 5.41) is 19.4. The molecule has 6 nitrogen and oxygen atoms in total. The van der Waals surface area contributed by atoms with E-state index >= 15 is 0 Å². The number of hydrogen-bond acceptors (Lipinski definition) is 4. The molecular formula is C21H18ClNO5. The number of carboxylic acids is 2. The largest absolute Gasteiger partial charge is 0.478 e. The highest BCUT2D eigenvalue weighted by atomic mass is 35.5. The maximum absolute atomic E-state index is 11.8. The molecule has 144 valence electrons. The molecule has 4 rings (SSSR count). The van der Waals surface area contributed by atoms with Gasteiger partial charge in [-0.25, -0.2) is 9.59 Å². The first-order valence-electron chi connectivity index (χ1n) is 8.82. The molecule has 2 N–H and O–H groups in total. The maximum Gasteiger partial charge on any atom is 0.336 e. The van der Waals surface area contributed by atoms with Crippen molar-refractivity contribution in [2.75, 3.05) is 20.1 Å². The van der Waals surface area contributed by atoms with Crippen molar-refractivity contribution < 1.29 is 24.5 Å². The second-order valence-electron chi connectivity index (χ2n) is 7.14. The minimum absolute atomic E-state index is 0.0486. The van der Waals surface area contributed by atoms with Crippen molar-refractivity contribution in [1.82, 2.24) is 4.90 Å². The minimum Gasteiger partial charge on any atom is -0.478 e. The van der Waals surface area contributed by atoms with Gasteiger partial charge in [-0.15, -0.1) is 0 Å². The molecule has 0 spiro atoms. The van der Waals surface area contributed by atoms with E-state index in [4.69, 9.17) is 21.4 Å². The van der Waals surface area contributed by atoms with E-state index in [-0.39, 0.29) is 17.4 Å². The van der Waals surface area contributed by atoms with E-state index < -0.39 is 11.9 Å². The third kappa shape index (κ3) is 3.15. The van der Waals surface area contributed by atoms with Gasteiger partial charge in [-0.2, -0.15) is 0 Å². The lowest BCUT2D eigenvalue weighted by Gasteiger charge is -2.21. The highest BCUT2D eigenvalue weighted by molar-refractivity contribution is 6.30. The number of rotatable bonds is 3. The molecule has 0 aromatic heterocycles. The Balaban J connectivity index is 1.96. The fourth-order valence-corrected chi connectivity index (χ4v) is 4.44. The van der Waals surface area contributed by atoms with Crippen molar-refractivity contribution in [3.05, 3.63) is 64.2 Å². The van der Waals surface area contributed by atoms with Crippen LogP contribution in [0.2, 0.25) is 5.02 Å². The first-order valence-corrected chi connectivity index (χ1v) is 9.20. The van der Waals surface area contributed by atoms with Crippen LogP contribution in [0.1, 0.15) is 28.5 Å². The molecule has 0 amide bonds. The number of nitrogens with zero attached hydrogens (tertiary/aromatic N) is 1.